The van der Waals surface area contributed by atoms with E-state index < -0.39 is 0 Å². The molecule has 0 spiro atoms. The van der Waals surface area contributed by atoms with E-state index >= 15 is 0 Å². The van der Waals surface area contributed by atoms with Crippen LogP contribution in [0.25, 0.3) is 22.2 Å². The summed E-state index contributed by atoms with van der Waals surface area (Å²) in [6, 6.07) is 20.4. The van der Waals surface area contributed by atoms with Crippen LogP contribution in [0.5, 0.6) is 11.8 Å². The number of aryl methyl sites for hydroxylation is 1. The van der Waals surface area contributed by atoms with Crippen LogP contribution in [-0.4, -0.2) is 14.5 Å². The fraction of sp³-hybridized carbons (Fsp3) is 0.0526. The van der Waals surface area contributed by atoms with Gasteiger partial charge in [0.05, 0.1) is 0 Å². The Morgan fingerprint density at radius 3 is 2.57 bits per heavy atom. The second-order valence-electron chi connectivity index (χ2n) is 5.32. The Morgan fingerprint density at radius 1 is 0.913 bits per heavy atom. The Bertz CT molecular complexity index is 961. The summed E-state index contributed by atoms with van der Waals surface area (Å²) in [5.41, 5.74) is 2.97. The van der Waals surface area contributed by atoms with Crippen molar-refractivity contribution in [2.24, 2.45) is 7.05 Å². The molecule has 4 nitrogen and oxygen atoms in total. The average Bonchev–Trinajstić information content (AvgIpc) is 2.97. The summed E-state index contributed by atoms with van der Waals surface area (Å²) in [5, 5.41) is 0.996. The number of ether oxygens (including phenoxy) is 1. The Balaban J connectivity index is 1.75. The molecule has 0 unspecified atom stereocenters. The highest BCUT2D eigenvalue weighted by atomic mass is 16.5. The Morgan fingerprint density at radius 2 is 1.70 bits per heavy atom. The van der Waals surface area contributed by atoms with Crippen LogP contribution < -0.4 is 4.74 Å². The predicted octanol–water partition coefficient (Wildman–Crippen LogP) is 4.43. The second-order valence-corrected chi connectivity index (χ2v) is 5.32. The smallest absolute Gasteiger partial charge is 0.323 e. The zero-order valence-corrected chi connectivity index (χ0v) is 12.7. The SMILES string of the molecule is Cn1ccc2cnc(Oc3ccccc3-c3ccccc3)nc21. The van der Waals surface area contributed by atoms with Crippen molar-refractivity contribution in [2.45, 2.75) is 0 Å². The molecule has 2 aromatic heterocycles. The molecule has 4 rings (SSSR count). The molecule has 0 N–H and O–H groups in total. The van der Waals surface area contributed by atoms with E-state index in [4.69, 9.17) is 4.74 Å². The molecule has 2 aromatic carbocycles. The molecule has 0 bridgehead atoms. The van der Waals surface area contributed by atoms with Gasteiger partial charge in [0.15, 0.2) is 0 Å². The molecule has 0 amide bonds. The molecule has 0 atom stereocenters. The molecule has 4 heteroatoms. The van der Waals surface area contributed by atoms with Crippen molar-refractivity contribution in [3.05, 3.63) is 73.1 Å². The molecule has 0 aliphatic carbocycles. The van der Waals surface area contributed by atoms with Crippen LogP contribution in [0.2, 0.25) is 0 Å². The first kappa shape index (κ1) is 13.5. The summed E-state index contributed by atoms with van der Waals surface area (Å²) in [6.07, 6.45) is 3.74. The lowest BCUT2D eigenvalue weighted by Gasteiger charge is -2.10. The van der Waals surface area contributed by atoms with Crippen molar-refractivity contribution in [2.75, 3.05) is 0 Å². The molecule has 112 valence electrons. The number of hydrogen-bond acceptors (Lipinski definition) is 3. The second kappa shape index (κ2) is 5.57. The van der Waals surface area contributed by atoms with Gasteiger partial charge in [-0.2, -0.15) is 4.98 Å². The third-order valence-corrected chi connectivity index (χ3v) is 3.76. The van der Waals surface area contributed by atoms with Crippen LogP contribution >= 0.6 is 0 Å². The minimum atomic E-state index is 0.350. The minimum absolute atomic E-state index is 0.350. The zero-order chi connectivity index (χ0) is 15.6. The molecular formula is C19H15N3O. The molecule has 4 aromatic rings. The van der Waals surface area contributed by atoms with Gasteiger partial charge in [-0.15, -0.1) is 0 Å². The van der Waals surface area contributed by atoms with Gasteiger partial charge in [0.1, 0.15) is 11.4 Å². The van der Waals surface area contributed by atoms with Crippen molar-refractivity contribution in [3.8, 4) is 22.9 Å². The van der Waals surface area contributed by atoms with Crippen LogP contribution in [0, 0.1) is 0 Å². The average molecular weight is 301 g/mol. The van der Waals surface area contributed by atoms with E-state index in [1.165, 1.54) is 0 Å². The molecule has 0 aliphatic heterocycles. The molecule has 0 aliphatic rings. The maximum atomic E-state index is 5.96. The number of fused-ring (bicyclic) bond motifs is 1. The normalized spacial score (nSPS) is 10.8. The zero-order valence-electron chi connectivity index (χ0n) is 12.7. The van der Waals surface area contributed by atoms with E-state index in [2.05, 4.69) is 22.1 Å². The number of aromatic nitrogens is 3. The van der Waals surface area contributed by atoms with Crippen molar-refractivity contribution in [1.29, 1.82) is 0 Å². The van der Waals surface area contributed by atoms with Crippen molar-refractivity contribution < 1.29 is 4.74 Å². The lowest BCUT2D eigenvalue weighted by atomic mass is 10.1. The van der Waals surface area contributed by atoms with E-state index in [1.807, 2.05) is 66.3 Å². The summed E-state index contributed by atoms with van der Waals surface area (Å²) in [6.45, 7) is 0. The van der Waals surface area contributed by atoms with Gasteiger partial charge in [0.2, 0.25) is 0 Å². The third-order valence-electron chi connectivity index (χ3n) is 3.76. The van der Waals surface area contributed by atoms with Crippen LogP contribution in [0.1, 0.15) is 0 Å². The number of nitrogens with zero attached hydrogens (tertiary/aromatic N) is 3. The summed E-state index contributed by atoms with van der Waals surface area (Å²) in [7, 11) is 1.96. The van der Waals surface area contributed by atoms with Gasteiger partial charge >= 0.3 is 6.01 Å². The Labute approximate surface area is 134 Å². The highest BCUT2D eigenvalue weighted by molar-refractivity contribution is 5.75. The van der Waals surface area contributed by atoms with Crippen LogP contribution in [-0.2, 0) is 7.05 Å². The fourth-order valence-corrected chi connectivity index (χ4v) is 2.59. The third kappa shape index (κ3) is 2.55. The maximum Gasteiger partial charge on any atom is 0.323 e. The van der Waals surface area contributed by atoms with Gasteiger partial charge in [-0.05, 0) is 17.7 Å². The summed E-state index contributed by atoms with van der Waals surface area (Å²) in [4.78, 5) is 8.80. The van der Waals surface area contributed by atoms with Gasteiger partial charge in [-0.25, -0.2) is 4.98 Å². The lowest BCUT2D eigenvalue weighted by Crippen LogP contribution is -1.95. The van der Waals surface area contributed by atoms with E-state index in [-0.39, 0.29) is 0 Å². The van der Waals surface area contributed by atoms with Gasteiger partial charge < -0.3 is 9.30 Å². The first-order valence-electron chi connectivity index (χ1n) is 7.42. The predicted molar refractivity (Wildman–Crippen MR) is 90.5 cm³/mol. The maximum absolute atomic E-state index is 5.96. The fourth-order valence-electron chi connectivity index (χ4n) is 2.59. The number of para-hydroxylation sites is 1. The molecule has 0 radical (unpaired) electrons. The number of benzene rings is 2. The topological polar surface area (TPSA) is 39.9 Å². The van der Waals surface area contributed by atoms with Gasteiger partial charge in [-0.1, -0.05) is 48.5 Å². The minimum Gasteiger partial charge on any atom is -0.424 e. The number of hydrogen-bond donors (Lipinski definition) is 0. The van der Waals surface area contributed by atoms with Crippen LogP contribution in [0.15, 0.2) is 73.1 Å². The quantitative estimate of drug-likeness (QED) is 0.562. The molecule has 23 heavy (non-hydrogen) atoms. The molecule has 0 saturated carbocycles. The Hall–Kier alpha value is -3.14. The number of rotatable bonds is 3. The highest BCUT2D eigenvalue weighted by Gasteiger charge is 2.09. The summed E-state index contributed by atoms with van der Waals surface area (Å²) in [5.74, 6) is 0.743. The van der Waals surface area contributed by atoms with Crippen molar-refractivity contribution in [3.63, 3.8) is 0 Å². The van der Waals surface area contributed by atoms with Gasteiger partial charge in [-0.3, -0.25) is 0 Å². The van der Waals surface area contributed by atoms with Gasteiger partial charge in [0, 0.05) is 30.4 Å². The van der Waals surface area contributed by atoms with Crippen molar-refractivity contribution in [1.82, 2.24) is 14.5 Å². The summed E-state index contributed by atoms with van der Waals surface area (Å²) >= 11 is 0. The van der Waals surface area contributed by atoms with Crippen LogP contribution in [0.4, 0.5) is 0 Å². The molecular weight excluding hydrogens is 286 g/mol. The van der Waals surface area contributed by atoms with E-state index in [0.717, 1.165) is 27.9 Å². The molecule has 2 heterocycles. The van der Waals surface area contributed by atoms with E-state index in [0.29, 0.717) is 6.01 Å². The van der Waals surface area contributed by atoms with Crippen LogP contribution in [0.3, 0.4) is 0 Å². The monoisotopic (exact) mass is 301 g/mol. The van der Waals surface area contributed by atoms with E-state index in [9.17, 15) is 0 Å². The first-order chi connectivity index (χ1) is 11.3. The van der Waals surface area contributed by atoms with Crippen molar-refractivity contribution >= 4 is 11.0 Å². The highest BCUT2D eigenvalue weighted by Crippen LogP contribution is 2.32. The lowest BCUT2D eigenvalue weighted by molar-refractivity contribution is 0.445. The van der Waals surface area contributed by atoms with E-state index in [1.54, 1.807) is 6.20 Å². The summed E-state index contributed by atoms with van der Waals surface area (Å²) < 4.78 is 7.91. The standard InChI is InChI=1S/C19H15N3O/c1-22-12-11-15-13-20-19(21-18(15)22)23-17-10-6-5-9-16(17)14-7-3-2-4-8-14/h2-13H,1H3. The molecule has 0 saturated heterocycles. The Kier molecular flexibility index (Phi) is 3.27. The largest absolute Gasteiger partial charge is 0.424 e. The molecule has 0 fully saturated rings. The van der Waals surface area contributed by atoms with Gasteiger partial charge in [0.25, 0.3) is 0 Å². The first-order valence-corrected chi connectivity index (χ1v) is 7.42.